The summed E-state index contributed by atoms with van der Waals surface area (Å²) in [4.78, 5) is 23.8. The summed E-state index contributed by atoms with van der Waals surface area (Å²) in [6.07, 6.45) is 5.17. The molecule has 184 valence electrons. The number of fused-ring (bicyclic) bond motifs is 2. The Hall–Kier alpha value is -3.85. The number of carbonyl (C=O) groups excluding carboxylic acids is 2. The molecule has 1 aliphatic heterocycles. The number of aryl methyl sites for hydroxylation is 3. The highest BCUT2D eigenvalue weighted by atomic mass is 16.5. The van der Waals surface area contributed by atoms with Gasteiger partial charge in [-0.15, -0.1) is 0 Å². The number of amides is 2. The van der Waals surface area contributed by atoms with Gasteiger partial charge in [0.15, 0.2) is 5.75 Å². The quantitative estimate of drug-likeness (QED) is 0.432. The maximum atomic E-state index is 12.1. The summed E-state index contributed by atoms with van der Waals surface area (Å²) in [6.45, 7) is 8.80. The molecule has 0 radical (unpaired) electrons. The summed E-state index contributed by atoms with van der Waals surface area (Å²) in [5.74, 6) is 1.78. The van der Waals surface area contributed by atoms with E-state index >= 15 is 0 Å². The fourth-order valence-electron chi connectivity index (χ4n) is 4.29. The Labute approximate surface area is 203 Å². The maximum absolute atomic E-state index is 12.1. The molecule has 3 aromatic heterocycles. The van der Waals surface area contributed by atoms with E-state index in [-0.39, 0.29) is 5.91 Å². The number of benzene rings is 1. The van der Waals surface area contributed by atoms with Gasteiger partial charge in [-0.2, -0.15) is 5.10 Å². The number of β-amino-alcohol motifs (C(OH)–C–C–N with tert-alkyl or cyclic N) is 1. The number of carbonyl (C=O) groups is 2. The Balaban J connectivity index is 0.000000271. The Kier molecular flexibility index (Phi) is 6.53. The highest BCUT2D eigenvalue weighted by Crippen LogP contribution is 2.33. The second-order valence-corrected chi connectivity index (χ2v) is 9.12. The molecule has 1 atom stereocenters. The Morgan fingerprint density at radius 1 is 1.29 bits per heavy atom. The average molecular weight is 479 g/mol. The minimum atomic E-state index is -0.638. The third kappa shape index (κ3) is 4.85. The van der Waals surface area contributed by atoms with Crippen molar-refractivity contribution in [3.63, 3.8) is 0 Å². The van der Waals surface area contributed by atoms with Crippen LogP contribution in [0.4, 0.5) is 0 Å². The molecule has 1 aliphatic rings. The van der Waals surface area contributed by atoms with E-state index in [1.54, 1.807) is 38.1 Å². The van der Waals surface area contributed by atoms with E-state index in [0.29, 0.717) is 42.2 Å². The van der Waals surface area contributed by atoms with Crippen molar-refractivity contribution in [3.8, 4) is 11.5 Å². The van der Waals surface area contributed by atoms with Crippen LogP contribution in [-0.2, 0) is 4.79 Å². The standard InChI is InChI=1S/C20H19N3O3.C6H11NO2/c1-11-10-23-19(12(11)2)16(7-8-22-23)26-14-5-6-15-17(9-14)25-13(3)18(15)20(24)21-4;1-6(9)2-3-7(4-6)5-8/h5-10H,1-4H3,(H,21,24);5,9H,2-4H2,1H3. The first kappa shape index (κ1) is 24.3. The molecular weight excluding hydrogens is 448 g/mol. The van der Waals surface area contributed by atoms with Gasteiger partial charge in [0.05, 0.1) is 17.4 Å². The molecule has 1 saturated heterocycles. The number of nitrogens with zero attached hydrogens (tertiary/aromatic N) is 3. The summed E-state index contributed by atoms with van der Waals surface area (Å²) in [7, 11) is 1.61. The van der Waals surface area contributed by atoms with Crippen LogP contribution in [0, 0.1) is 20.8 Å². The van der Waals surface area contributed by atoms with Crippen LogP contribution in [-0.4, -0.2) is 57.7 Å². The average Bonchev–Trinajstić information content (AvgIpc) is 3.45. The van der Waals surface area contributed by atoms with Crippen molar-refractivity contribution in [3.05, 3.63) is 59.1 Å². The van der Waals surface area contributed by atoms with Gasteiger partial charge in [0.25, 0.3) is 5.91 Å². The summed E-state index contributed by atoms with van der Waals surface area (Å²) >= 11 is 0. The molecule has 2 amide bonds. The largest absolute Gasteiger partial charge is 0.460 e. The summed E-state index contributed by atoms with van der Waals surface area (Å²) in [5, 5.41) is 17.0. The maximum Gasteiger partial charge on any atom is 0.255 e. The van der Waals surface area contributed by atoms with Crippen LogP contribution in [0.15, 0.2) is 41.1 Å². The predicted molar refractivity (Wildman–Crippen MR) is 132 cm³/mol. The zero-order valence-corrected chi connectivity index (χ0v) is 20.6. The van der Waals surface area contributed by atoms with Crippen LogP contribution >= 0.6 is 0 Å². The summed E-state index contributed by atoms with van der Waals surface area (Å²) < 4.78 is 13.7. The monoisotopic (exact) mass is 478 g/mol. The lowest BCUT2D eigenvalue weighted by Crippen LogP contribution is -2.28. The van der Waals surface area contributed by atoms with Crippen molar-refractivity contribution in [1.29, 1.82) is 0 Å². The third-order valence-corrected chi connectivity index (χ3v) is 6.29. The molecule has 0 bridgehead atoms. The van der Waals surface area contributed by atoms with Crippen LogP contribution < -0.4 is 10.1 Å². The van der Waals surface area contributed by atoms with E-state index in [4.69, 9.17) is 9.15 Å². The fraction of sp³-hybridized carbons (Fsp3) is 0.346. The van der Waals surface area contributed by atoms with Crippen molar-refractivity contribution in [2.45, 2.75) is 39.7 Å². The zero-order valence-electron chi connectivity index (χ0n) is 20.6. The number of furan rings is 1. The van der Waals surface area contributed by atoms with Crippen LogP contribution in [0.2, 0.25) is 0 Å². The first-order chi connectivity index (χ1) is 16.6. The second kappa shape index (κ2) is 9.42. The summed E-state index contributed by atoms with van der Waals surface area (Å²) in [6, 6.07) is 7.33. The molecule has 2 N–H and O–H groups in total. The number of rotatable bonds is 4. The van der Waals surface area contributed by atoms with E-state index in [2.05, 4.69) is 10.4 Å². The molecule has 1 fully saturated rings. The van der Waals surface area contributed by atoms with Gasteiger partial charge in [-0.25, -0.2) is 4.52 Å². The molecule has 4 aromatic rings. The molecule has 35 heavy (non-hydrogen) atoms. The first-order valence-electron chi connectivity index (χ1n) is 11.4. The molecule has 0 saturated carbocycles. The van der Waals surface area contributed by atoms with Gasteiger partial charge in [0, 0.05) is 43.9 Å². The van der Waals surface area contributed by atoms with Gasteiger partial charge in [-0.1, -0.05) is 0 Å². The molecule has 1 aromatic carbocycles. The van der Waals surface area contributed by atoms with Gasteiger partial charge in [-0.05, 0) is 57.4 Å². The van der Waals surface area contributed by atoms with Crippen molar-refractivity contribution < 1.29 is 23.8 Å². The highest BCUT2D eigenvalue weighted by Gasteiger charge is 2.30. The first-order valence-corrected chi connectivity index (χ1v) is 11.4. The van der Waals surface area contributed by atoms with E-state index in [9.17, 15) is 14.7 Å². The molecule has 9 heteroatoms. The van der Waals surface area contributed by atoms with E-state index in [0.717, 1.165) is 34.2 Å². The molecular formula is C26H30N4O5. The fourth-order valence-corrected chi connectivity index (χ4v) is 4.29. The lowest BCUT2D eigenvalue weighted by molar-refractivity contribution is -0.118. The number of likely N-dealkylation sites (tertiary alicyclic amines) is 1. The van der Waals surface area contributed by atoms with E-state index < -0.39 is 5.60 Å². The number of nitrogens with one attached hydrogen (secondary N) is 1. The normalized spacial score (nSPS) is 17.4. The Morgan fingerprint density at radius 3 is 2.69 bits per heavy atom. The molecule has 9 nitrogen and oxygen atoms in total. The van der Waals surface area contributed by atoms with Crippen LogP contribution in [0.3, 0.4) is 0 Å². The molecule has 5 rings (SSSR count). The predicted octanol–water partition coefficient (Wildman–Crippen LogP) is 3.76. The Bertz CT molecular complexity index is 1400. The van der Waals surface area contributed by atoms with Crippen molar-refractivity contribution in [2.75, 3.05) is 20.1 Å². The van der Waals surface area contributed by atoms with Crippen molar-refractivity contribution in [2.24, 2.45) is 0 Å². The van der Waals surface area contributed by atoms with Gasteiger partial charge < -0.3 is 24.5 Å². The molecule has 0 aliphatic carbocycles. The molecule has 4 heterocycles. The number of ether oxygens (including phenoxy) is 1. The number of hydrogen-bond donors (Lipinski definition) is 2. The van der Waals surface area contributed by atoms with Gasteiger partial charge >= 0.3 is 0 Å². The number of aliphatic hydroxyl groups is 1. The second-order valence-electron chi connectivity index (χ2n) is 9.12. The lowest BCUT2D eigenvalue weighted by atomic mass is 10.1. The van der Waals surface area contributed by atoms with Gasteiger partial charge in [0.1, 0.15) is 22.6 Å². The van der Waals surface area contributed by atoms with E-state index in [1.807, 2.05) is 42.8 Å². The number of hydrogen-bond acceptors (Lipinski definition) is 6. The molecule has 1 unspecified atom stereocenters. The summed E-state index contributed by atoms with van der Waals surface area (Å²) in [5.41, 5.74) is 3.75. The lowest BCUT2D eigenvalue weighted by Gasteiger charge is -2.14. The van der Waals surface area contributed by atoms with Gasteiger partial charge in [-0.3, -0.25) is 9.59 Å². The number of aromatic nitrogens is 2. The highest BCUT2D eigenvalue weighted by molar-refractivity contribution is 6.07. The topological polar surface area (TPSA) is 109 Å². The minimum absolute atomic E-state index is 0.162. The van der Waals surface area contributed by atoms with Crippen LogP contribution in [0.5, 0.6) is 11.5 Å². The molecule has 0 spiro atoms. The third-order valence-electron chi connectivity index (χ3n) is 6.29. The van der Waals surface area contributed by atoms with Gasteiger partial charge in [0.2, 0.25) is 6.41 Å². The zero-order chi connectivity index (χ0) is 25.3. The van der Waals surface area contributed by atoms with E-state index in [1.165, 1.54) is 0 Å². The van der Waals surface area contributed by atoms with Crippen molar-refractivity contribution in [1.82, 2.24) is 19.8 Å². The smallest absolute Gasteiger partial charge is 0.255 e. The van der Waals surface area contributed by atoms with Crippen LogP contribution in [0.1, 0.15) is 40.6 Å². The SMILES string of the molecule is CC1(O)CCN(C=O)C1.CNC(=O)c1c(C)oc2cc(Oc3ccnn4cc(C)c(C)c34)ccc12. The van der Waals surface area contributed by atoms with Crippen LogP contribution in [0.25, 0.3) is 16.5 Å². The minimum Gasteiger partial charge on any atom is -0.460 e. The van der Waals surface area contributed by atoms with Crippen molar-refractivity contribution >= 4 is 28.8 Å². The Morgan fingerprint density at radius 2 is 2.06 bits per heavy atom.